The highest BCUT2D eigenvalue weighted by Gasteiger charge is 2.49. The maximum absolute atomic E-state index is 12.9. The van der Waals surface area contributed by atoms with Gasteiger partial charge in [-0.25, -0.2) is 9.59 Å². The third kappa shape index (κ3) is 13.4. The van der Waals surface area contributed by atoms with E-state index in [-0.39, 0.29) is 48.7 Å². The molecule has 2 aromatic carbocycles. The van der Waals surface area contributed by atoms with E-state index >= 15 is 0 Å². The number of carboxylic acids is 1. The number of nitrogens with one attached hydrogen (secondary N) is 1. The van der Waals surface area contributed by atoms with E-state index in [0.29, 0.717) is 46.9 Å². The SMILES string of the molecule is CC(=O)CCC(=O)OCOC(=O)N(C)[C@]1(c2ccccc2Cl)CCCCC1=O.CC(=O)NCC(=O)O.CN(C(=O)OCCl)[C@]1(c2ccccc2Cl)CCCCC1=O. The number of benzene rings is 2. The summed E-state index contributed by atoms with van der Waals surface area (Å²) < 4.78 is 14.7. The number of aliphatic carboxylic acids is 1. The first-order valence-corrected chi connectivity index (χ1v) is 19.3. The Morgan fingerprint density at radius 3 is 1.54 bits per heavy atom. The second kappa shape index (κ2) is 23.5. The fourth-order valence-electron chi connectivity index (χ4n) is 6.51. The van der Waals surface area contributed by atoms with Crippen LogP contribution in [-0.2, 0) is 54.1 Å². The summed E-state index contributed by atoms with van der Waals surface area (Å²) >= 11 is 18.1. The molecule has 57 heavy (non-hydrogen) atoms. The number of likely N-dealkylation sites (N-methyl/N-ethyl adjacent to an activating group) is 2. The zero-order valence-electron chi connectivity index (χ0n) is 32.3. The highest BCUT2D eigenvalue weighted by atomic mass is 35.5. The fraction of sp³-hybridized carbons (Fsp3) is 0.487. The molecule has 0 aromatic heterocycles. The summed E-state index contributed by atoms with van der Waals surface area (Å²) in [5, 5.41) is 10.9. The van der Waals surface area contributed by atoms with Gasteiger partial charge in [-0.3, -0.25) is 33.8 Å². The van der Waals surface area contributed by atoms with Crippen molar-refractivity contribution in [3.05, 3.63) is 69.7 Å². The number of hydrogen-bond acceptors (Lipinski definition) is 11. The molecule has 0 unspecified atom stereocenters. The Morgan fingerprint density at radius 1 is 0.719 bits per heavy atom. The van der Waals surface area contributed by atoms with Crippen LogP contribution in [0.3, 0.4) is 0 Å². The highest BCUT2D eigenvalue weighted by molar-refractivity contribution is 6.32. The zero-order chi connectivity index (χ0) is 42.8. The summed E-state index contributed by atoms with van der Waals surface area (Å²) in [6.45, 7) is 1.75. The predicted molar refractivity (Wildman–Crippen MR) is 210 cm³/mol. The highest BCUT2D eigenvalue weighted by Crippen LogP contribution is 2.43. The third-order valence-electron chi connectivity index (χ3n) is 9.39. The molecule has 2 aliphatic rings. The Bertz CT molecular complexity index is 1760. The van der Waals surface area contributed by atoms with Gasteiger partial charge in [0.05, 0.1) is 6.42 Å². The molecule has 312 valence electrons. The van der Waals surface area contributed by atoms with Crippen molar-refractivity contribution < 1.29 is 57.7 Å². The van der Waals surface area contributed by atoms with Gasteiger partial charge in [0.1, 0.15) is 23.4 Å². The van der Waals surface area contributed by atoms with Gasteiger partial charge in [-0.2, -0.15) is 0 Å². The van der Waals surface area contributed by atoms with Crippen molar-refractivity contribution in [3.63, 3.8) is 0 Å². The van der Waals surface area contributed by atoms with E-state index in [1.807, 2.05) is 6.07 Å². The van der Waals surface area contributed by atoms with Crippen molar-refractivity contribution >= 4 is 82.2 Å². The van der Waals surface area contributed by atoms with Crippen molar-refractivity contribution in [3.8, 4) is 0 Å². The van der Waals surface area contributed by atoms with Gasteiger partial charge >= 0.3 is 24.1 Å². The third-order valence-corrected chi connectivity index (χ3v) is 10.2. The lowest BCUT2D eigenvalue weighted by Gasteiger charge is -2.43. The molecule has 0 radical (unpaired) electrons. The molecule has 0 saturated heterocycles. The van der Waals surface area contributed by atoms with Crippen LogP contribution in [0.1, 0.15) is 89.2 Å². The van der Waals surface area contributed by atoms with Crippen LogP contribution in [0.25, 0.3) is 0 Å². The topological polar surface area (TPSA) is 203 Å². The maximum atomic E-state index is 12.9. The molecule has 2 aliphatic carbocycles. The summed E-state index contributed by atoms with van der Waals surface area (Å²) in [5.74, 6) is -2.25. The number of carboxylic acid groups (broad SMARTS) is 1. The first kappa shape index (κ1) is 48.4. The number of ketones is 3. The number of hydrogen-bond donors (Lipinski definition) is 2. The number of amides is 3. The molecule has 2 fully saturated rings. The number of Topliss-reactive ketones (excluding diaryl/α,β-unsaturated/α-hetero) is 3. The van der Waals surface area contributed by atoms with Crippen LogP contribution in [-0.4, -0.2) is 95.8 Å². The average molecular weight is 857 g/mol. The lowest BCUT2D eigenvalue weighted by Crippen LogP contribution is -2.54. The number of alkyl halides is 1. The Morgan fingerprint density at radius 2 is 1.18 bits per heavy atom. The normalized spacial score (nSPS) is 18.6. The first-order valence-electron chi connectivity index (χ1n) is 18.0. The molecule has 0 spiro atoms. The summed E-state index contributed by atoms with van der Waals surface area (Å²) in [7, 11) is 3.04. The first-order chi connectivity index (χ1) is 26.9. The number of esters is 1. The van der Waals surface area contributed by atoms with Crippen LogP contribution in [0, 0.1) is 0 Å². The number of nitrogens with zero attached hydrogens (tertiary/aromatic N) is 2. The number of ether oxygens (including phenoxy) is 3. The van der Waals surface area contributed by atoms with Crippen molar-refractivity contribution in [2.24, 2.45) is 0 Å². The lowest BCUT2D eigenvalue weighted by molar-refractivity contribution is -0.154. The molecule has 2 aromatic rings. The molecule has 2 N–H and O–H groups in total. The lowest BCUT2D eigenvalue weighted by atomic mass is 9.74. The standard InChI is InChI=1S/C20H24ClNO6.C15H17Cl2NO3.C4H7NO3/c1-14(23)10-11-18(25)27-13-28-19(26)22(2)20(12-6-5-9-17(20)24)15-7-3-4-8-16(15)21;1-18(14(20)21-10-16)15(9-5-4-8-13(15)19)11-6-2-3-7-12(11)17;1-3(6)5-2-4(7)8/h3-4,7-8H,5-6,9-13H2,1-2H3;2-3,6-7H,4-5,8-10H2,1H3;2H2,1H3,(H,5,6)(H,7,8)/t20-;15-;/m00./s1. The van der Waals surface area contributed by atoms with Gasteiger partial charge in [0, 0.05) is 61.5 Å². The molecule has 0 aliphatic heterocycles. The summed E-state index contributed by atoms with van der Waals surface area (Å²) in [4.78, 5) is 94.9. The maximum Gasteiger partial charge on any atom is 0.413 e. The molecule has 3 amide bonds. The molecule has 0 heterocycles. The van der Waals surface area contributed by atoms with Gasteiger partial charge in [0.25, 0.3) is 0 Å². The Labute approximate surface area is 346 Å². The molecular weight excluding hydrogens is 809 g/mol. The molecular formula is C39H48Cl3N3O12. The molecule has 2 atom stereocenters. The average Bonchev–Trinajstić information content (AvgIpc) is 3.17. The minimum absolute atomic E-state index is 0.0177. The summed E-state index contributed by atoms with van der Waals surface area (Å²) in [6, 6.07) is 13.8. The van der Waals surface area contributed by atoms with E-state index in [0.717, 1.165) is 25.7 Å². The van der Waals surface area contributed by atoms with Gasteiger partial charge in [0.2, 0.25) is 12.7 Å². The predicted octanol–water partition coefficient (Wildman–Crippen LogP) is 6.77. The van der Waals surface area contributed by atoms with Gasteiger partial charge in [0.15, 0.2) is 17.6 Å². The smallest absolute Gasteiger partial charge is 0.413 e. The number of carbonyl (C=O) groups is 8. The molecule has 15 nitrogen and oxygen atoms in total. The van der Waals surface area contributed by atoms with Crippen LogP contribution < -0.4 is 5.32 Å². The monoisotopic (exact) mass is 855 g/mol. The van der Waals surface area contributed by atoms with Crippen LogP contribution in [0.2, 0.25) is 10.0 Å². The van der Waals surface area contributed by atoms with E-state index < -0.39 is 42.0 Å². The van der Waals surface area contributed by atoms with Crippen molar-refractivity contribution in [1.82, 2.24) is 15.1 Å². The molecule has 4 rings (SSSR count). The van der Waals surface area contributed by atoms with Crippen LogP contribution in [0.5, 0.6) is 0 Å². The van der Waals surface area contributed by atoms with Gasteiger partial charge in [-0.15, -0.1) is 0 Å². The number of halogens is 3. The van der Waals surface area contributed by atoms with Gasteiger partial charge in [-0.1, -0.05) is 71.2 Å². The van der Waals surface area contributed by atoms with Crippen LogP contribution in [0.15, 0.2) is 48.5 Å². The van der Waals surface area contributed by atoms with Gasteiger partial charge < -0.3 is 29.4 Å². The summed E-state index contributed by atoms with van der Waals surface area (Å²) in [6.07, 6.45) is 3.46. The Kier molecular flexibility index (Phi) is 20.0. The van der Waals surface area contributed by atoms with Crippen LogP contribution >= 0.6 is 34.8 Å². The molecule has 2 saturated carbocycles. The van der Waals surface area contributed by atoms with E-state index in [1.54, 1.807) is 49.5 Å². The molecule has 18 heteroatoms. The second-order valence-electron chi connectivity index (χ2n) is 13.1. The quantitative estimate of drug-likeness (QED) is 0.129. The van der Waals surface area contributed by atoms with Crippen molar-refractivity contribution in [2.45, 2.75) is 89.1 Å². The largest absolute Gasteiger partial charge is 0.480 e. The Balaban J connectivity index is 0.000000339. The van der Waals surface area contributed by atoms with E-state index in [9.17, 15) is 38.4 Å². The minimum Gasteiger partial charge on any atom is -0.480 e. The second-order valence-corrected chi connectivity index (χ2v) is 14.2. The van der Waals surface area contributed by atoms with Crippen molar-refractivity contribution in [1.29, 1.82) is 0 Å². The van der Waals surface area contributed by atoms with E-state index in [1.165, 1.54) is 30.7 Å². The van der Waals surface area contributed by atoms with E-state index in [4.69, 9.17) is 54.1 Å². The molecule has 0 bridgehead atoms. The Hall–Kier alpha value is -4.73. The minimum atomic E-state index is -1.22. The fourth-order valence-corrected chi connectivity index (χ4v) is 7.18. The van der Waals surface area contributed by atoms with Crippen molar-refractivity contribution in [2.75, 3.05) is 33.5 Å². The van der Waals surface area contributed by atoms with E-state index in [2.05, 4.69) is 5.32 Å². The summed E-state index contributed by atoms with van der Waals surface area (Å²) in [5.41, 5.74) is -1.09. The van der Waals surface area contributed by atoms with Crippen LogP contribution in [0.4, 0.5) is 9.59 Å². The number of rotatable bonds is 12. The van der Waals surface area contributed by atoms with Gasteiger partial charge in [-0.05, 0) is 57.6 Å². The number of carbonyl (C=O) groups excluding carboxylic acids is 7. The zero-order valence-corrected chi connectivity index (χ0v) is 34.5.